The van der Waals surface area contributed by atoms with E-state index in [0.29, 0.717) is 28.5 Å². The van der Waals surface area contributed by atoms with Crippen LogP contribution in [0.15, 0.2) is 78.9 Å². The second-order valence-corrected chi connectivity index (χ2v) is 8.06. The maximum absolute atomic E-state index is 12.6. The Balaban J connectivity index is 1.39. The number of hydrogen-bond acceptors (Lipinski definition) is 3. The van der Waals surface area contributed by atoms with Crippen LogP contribution in [0.1, 0.15) is 22.3 Å². The highest BCUT2D eigenvalue weighted by atomic mass is 35.5. The van der Waals surface area contributed by atoms with Crippen LogP contribution >= 0.6 is 11.6 Å². The van der Waals surface area contributed by atoms with Gasteiger partial charge in [-0.05, 0) is 48.0 Å². The van der Waals surface area contributed by atoms with E-state index in [4.69, 9.17) is 11.6 Å². The fourth-order valence-corrected chi connectivity index (χ4v) is 3.73. The fourth-order valence-electron chi connectivity index (χ4n) is 3.61. The SMILES string of the molecule is O=C(Nc1ccccc1)c1cccc(N2C[C@@H](C(=O)NCc3ccc(Cl)cc3)CC2=O)c1. The van der Waals surface area contributed by atoms with Gasteiger partial charge in [-0.25, -0.2) is 0 Å². The summed E-state index contributed by atoms with van der Waals surface area (Å²) >= 11 is 5.88. The van der Waals surface area contributed by atoms with E-state index in [1.165, 1.54) is 0 Å². The second-order valence-electron chi connectivity index (χ2n) is 7.62. The molecule has 32 heavy (non-hydrogen) atoms. The predicted molar refractivity (Wildman–Crippen MR) is 125 cm³/mol. The van der Waals surface area contributed by atoms with Crippen LogP contribution in [-0.4, -0.2) is 24.3 Å². The summed E-state index contributed by atoms with van der Waals surface area (Å²) in [4.78, 5) is 39.4. The van der Waals surface area contributed by atoms with Crippen LogP contribution in [0.4, 0.5) is 11.4 Å². The van der Waals surface area contributed by atoms with E-state index in [0.717, 1.165) is 5.56 Å². The lowest BCUT2D eigenvalue weighted by Gasteiger charge is -2.18. The first-order valence-electron chi connectivity index (χ1n) is 10.3. The zero-order chi connectivity index (χ0) is 22.5. The molecular weight excluding hydrogens is 426 g/mol. The van der Waals surface area contributed by atoms with E-state index in [2.05, 4.69) is 10.6 Å². The Kier molecular flexibility index (Phi) is 6.52. The molecule has 3 amide bonds. The van der Waals surface area contributed by atoms with E-state index in [1.807, 2.05) is 30.3 Å². The molecule has 0 radical (unpaired) electrons. The Morgan fingerprint density at radius 1 is 0.969 bits per heavy atom. The van der Waals surface area contributed by atoms with Crippen LogP contribution in [0.5, 0.6) is 0 Å². The fraction of sp³-hybridized carbons (Fsp3) is 0.160. The van der Waals surface area contributed by atoms with Crippen molar-refractivity contribution in [3.8, 4) is 0 Å². The Morgan fingerprint density at radius 3 is 2.47 bits per heavy atom. The molecule has 0 saturated carbocycles. The van der Waals surface area contributed by atoms with Gasteiger partial charge in [-0.15, -0.1) is 0 Å². The van der Waals surface area contributed by atoms with Crippen molar-refractivity contribution in [3.63, 3.8) is 0 Å². The Labute approximate surface area is 191 Å². The van der Waals surface area contributed by atoms with Crippen molar-refractivity contribution in [2.24, 2.45) is 5.92 Å². The Morgan fingerprint density at radius 2 is 1.72 bits per heavy atom. The molecule has 0 aliphatic carbocycles. The molecule has 1 saturated heterocycles. The van der Waals surface area contributed by atoms with E-state index in [-0.39, 0.29) is 30.7 Å². The topological polar surface area (TPSA) is 78.5 Å². The molecular formula is C25H22ClN3O3. The molecule has 1 aliphatic rings. The summed E-state index contributed by atoms with van der Waals surface area (Å²) in [6, 6.07) is 23.3. The van der Waals surface area contributed by atoms with Crippen LogP contribution in [0.2, 0.25) is 5.02 Å². The van der Waals surface area contributed by atoms with Crippen molar-refractivity contribution < 1.29 is 14.4 Å². The number of para-hydroxylation sites is 1. The molecule has 0 spiro atoms. The lowest BCUT2D eigenvalue weighted by molar-refractivity contribution is -0.126. The van der Waals surface area contributed by atoms with Gasteiger partial charge in [-0.1, -0.05) is 48.0 Å². The smallest absolute Gasteiger partial charge is 0.255 e. The minimum Gasteiger partial charge on any atom is -0.352 e. The Hall–Kier alpha value is -3.64. The first-order chi connectivity index (χ1) is 15.5. The van der Waals surface area contributed by atoms with Crippen LogP contribution < -0.4 is 15.5 Å². The van der Waals surface area contributed by atoms with Crippen molar-refractivity contribution in [1.82, 2.24) is 5.32 Å². The number of anilines is 2. The van der Waals surface area contributed by atoms with Gasteiger partial charge >= 0.3 is 0 Å². The minimum atomic E-state index is -0.448. The average molecular weight is 448 g/mol. The standard InChI is InChI=1S/C25H22ClN3O3/c26-20-11-9-17(10-12-20)15-27-24(31)19-14-23(30)29(16-19)22-8-4-5-18(13-22)25(32)28-21-6-2-1-3-7-21/h1-13,19H,14-16H2,(H,27,31)(H,28,32)/t19-/m0/s1. The number of carbonyl (C=O) groups is 3. The number of carbonyl (C=O) groups excluding carboxylic acids is 3. The number of benzene rings is 3. The van der Waals surface area contributed by atoms with Crippen molar-refractivity contribution in [2.75, 3.05) is 16.8 Å². The number of hydrogen-bond donors (Lipinski definition) is 2. The number of rotatable bonds is 6. The number of nitrogens with zero attached hydrogens (tertiary/aromatic N) is 1. The van der Waals surface area contributed by atoms with Gasteiger partial charge in [0.25, 0.3) is 5.91 Å². The largest absolute Gasteiger partial charge is 0.352 e. The van der Waals surface area contributed by atoms with E-state index in [1.54, 1.807) is 53.4 Å². The number of amides is 3. The van der Waals surface area contributed by atoms with Crippen LogP contribution in [0, 0.1) is 5.92 Å². The van der Waals surface area contributed by atoms with Gasteiger partial charge in [0.05, 0.1) is 5.92 Å². The molecule has 1 heterocycles. The van der Waals surface area contributed by atoms with Crippen LogP contribution in [0.25, 0.3) is 0 Å². The van der Waals surface area contributed by atoms with Crippen molar-refractivity contribution in [2.45, 2.75) is 13.0 Å². The number of nitrogens with one attached hydrogen (secondary N) is 2. The number of halogens is 1. The van der Waals surface area contributed by atoms with Crippen molar-refractivity contribution >= 4 is 40.7 Å². The third-order valence-electron chi connectivity index (χ3n) is 5.33. The van der Waals surface area contributed by atoms with Crippen molar-refractivity contribution in [1.29, 1.82) is 0 Å². The summed E-state index contributed by atoms with van der Waals surface area (Å²) in [6.45, 7) is 0.644. The highest BCUT2D eigenvalue weighted by Crippen LogP contribution is 2.26. The molecule has 6 nitrogen and oxygen atoms in total. The van der Waals surface area contributed by atoms with Crippen LogP contribution in [-0.2, 0) is 16.1 Å². The van der Waals surface area contributed by atoms with Gasteiger partial charge in [0, 0.05) is 41.5 Å². The summed E-state index contributed by atoms with van der Waals surface area (Å²) in [5.41, 5.74) is 2.66. The molecule has 0 unspecified atom stereocenters. The summed E-state index contributed by atoms with van der Waals surface area (Å²) in [5.74, 6) is -1.02. The molecule has 2 N–H and O–H groups in total. The monoisotopic (exact) mass is 447 g/mol. The molecule has 0 bridgehead atoms. The third kappa shape index (κ3) is 5.15. The van der Waals surface area contributed by atoms with Crippen LogP contribution in [0.3, 0.4) is 0 Å². The first-order valence-corrected chi connectivity index (χ1v) is 10.7. The van der Waals surface area contributed by atoms with E-state index < -0.39 is 5.92 Å². The zero-order valence-electron chi connectivity index (χ0n) is 17.3. The molecule has 1 aliphatic heterocycles. The maximum Gasteiger partial charge on any atom is 0.255 e. The first kappa shape index (κ1) is 21.6. The summed E-state index contributed by atoms with van der Waals surface area (Å²) in [7, 11) is 0. The van der Waals surface area contributed by atoms with Gasteiger partial charge in [0.1, 0.15) is 0 Å². The van der Waals surface area contributed by atoms with Crippen molar-refractivity contribution in [3.05, 3.63) is 95.0 Å². The molecule has 3 aromatic rings. The normalized spacial score (nSPS) is 15.5. The molecule has 4 rings (SSSR count). The average Bonchev–Trinajstić information content (AvgIpc) is 3.21. The van der Waals surface area contributed by atoms with Gasteiger partial charge in [0.15, 0.2) is 0 Å². The summed E-state index contributed by atoms with van der Waals surface area (Å²) < 4.78 is 0. The highest BCUT2D eigenvalue weighted by Gasteiger charge is 2.35. The molecule has 3 aromatic carbocycles. The maximum atomic E-state index is 12.6. The molecule has 1 fully saturated rings. The van der Waals surface area contributed by atoms with Gasteiger partial charge < -0.3 is 15.5 Å². The summed E-state index contributed by atoms with van der Waals surface area (Å²) in [5, 5.41) is 6.36. The predicted octanol–water partition coefficient (Wildman–Crippen LogP) is 4.26. The van der Waals surface area contributed by atoms with Gasteiger partial charge in [-0.2, -0.15) is 0 Å². The summed E-state index contributed by atoms with van der Waals surface area (Å²) in [6.07, 6.45) is 0.132. The zero-order valence-corrected chi connectivity index (χ0v) is 18.0. The molecule has 1 atom stereocenters. The Bertz CT molecular complexity index is 1130. The second kappa shape index (κ2) is 9.66. The molecule has 7 heteroatoms. The van der Waals surface area contributed by atoms with Gasteiger partial charge in [-0.3, -0.25) is 14.4 Å². The quantitative estimate of drug-likeness (QED) is 0.592. The van der Waals surface area contributed by atoms with E-state index in [9.17, 15) is 14.4 Å². The van der Waals surface area contributed by atoms with Gasteiger partial charge in [0.2, 0.25) is 11.8 Å². The molecule has 0 aromatic heterocycles. The third-order valence-corrected chi connectivity index (χ3v) is 5.58. The minimum absolute atomic E-state index is 0.132. The molecule has 162 valence electrons. The lowest BCUT2D eigenvalue weighted by Crippen LogP contribution is -2.32. The lowest BCUT2D eigenvalue weighted by atomic mass is 10.1. The van der Waals surface area contributed by atoms with E-state index >= 15 is 0 Å². The highest BCUT2D eigenvalue weighted by molar-refractivity contribution is 6.30.